The van der Waals surface area contributed by atoms with E-state index in [1.165, 1.54) is 6.07 Å². The molecule has 2 aliphatic heterocycles. The van der Waals surface area contributed by atoms with Gasteiger partial charge in [0.25, 0.3) is 0 Å². The predicted molar refractivity (Wildman–Crippen MR) is 128 cm³/mol. The van der Waals surface area contributed by atoms with Crippen molar-refractivity contribution in [2.24, 2.45) is 0 Å². The fourth-order valence-corrected chi connectivity index (χ4v) is 5.28. The summed E-state index contributed by atoms with van der Waals surface area (Å²) in [6.07, 6.45) is 0.601. The molecule has 2 atom stereocenters. The maximum Gasteiger partial charge on any atom is 1.00 e. The van der Waals surface area contributed by atoms with Crippen molar-refractivity contribution in [1.82, 2.24) is 9.55 Å². The van der Waals surface area contributed by atoms with Gasteiger partial charge in [0.2, 0.25) is 0 Å². The minimum absolute atomic E-state index is 0. The van der Waals surface area contributed by atoms with E-state index in [0.717, 1.165) is 22.8 Å². The van der Waals surface area contributed by atoms with Gasteiger partial charge in [-0.25, -0.2) is 8.78 Å². The third-order valence-electron chi connectivity index (χ3n) is 6.91. The van der Waals surface area contributed by atoms with E-state index in [-0.39, 0.29) is 64.9 Å². The molecule has 0 saturated carbocycles. The summed E-state index contributed by atoms with van der Waals surface area (Å²) in [5, 5.41) is 11.0. The molecule has 1 aromatic heterocycles. The summed E-state index contributed by atoms with van der Waals surface area (Å²) >= 11 is 0. The summed E-state index contributed by atoms with van der Waals surface area (Å²) in [5.41, 5.74) is 3.75. The molecule has 0 amide bonds. The first-order chi connectivity index (χ1) is 17.9. The summed E-state index contributed by atoms with van der Waals surface area (Å²) in [4.78, 5) is 15.3. The van der Waals surface area contributed by atoms with Gasteiger partial charge >= 0.3 is 35.6 Å². The van der Waals surface area contributed by atoms with E-state index < -0.39 is 17.6 Å². The fraction of sp³-hybridized carbons (Fsp3) is 0.286. The van der Waals surface area contributed by atoms with Crippen LogP contribution in [0.3, 0.4) is 0 Å². The molecule has 0 aliphatic carbocycles. The van der Waals surface area contributed by atoms with Crippen molar-refractivity contribution in [3.05, 3.63) is 76.9 Å². The smallest absolute Gasteiger partial charge is 0.550 e. The molecular formula is C28H23F2N2NaO5. The van der Waals surface area contributed by atoms with Gasteiger partial charge in [-0.3, -0.25) is 4.57 Å². The van der Waals surface area contributed by atoms with Crippen LogP contribution in [0.5, 0.6) is 17.5 Å². The number of benzene rings is 3. The Morgan fingerprint density at radius 3 is 2.71 bits per heavy atom. The van der Waals surface area contributed by atoms with Gasteiger partial charge in [0.1, 0.15) is 22.8 Å². The number of nitrogens with zero attached hydrogens (tertiary/aromatic N) is 2. The zero-order chi connectivity index (χ0) is 25.7. The van der Waals surface area contributed by atoms with E-state index in [1.54, 1.807) is 11.5 Å². The van der Waals surface area contributed by atoms with Crippen molar-refractivity contribution in [2.45, 2.75) is 31.6 Å². The number of imidazole rings is 1. The van der Waals surface area contributed by atoms with Gasteiger partial charge in [0.15, 0.2) is 5.82 Å². The monoisotopic (exact) mass is 528 g/mol. The molecule has 0 bridgehead atoms. The third-order valence-corrected chi connectivity index (χ3v) is 6.91. The number of aliphatic carboxylic acids is 1. The second-order valence-electron chi connectivity index (χ2n) is 9.28. The van der Waals surface area contributed by atoms with Crippen LogP contribution < -0.4 is 48.9 Å². The normalized spacial score (nSPS) is 17.3. The van der Waals surface area contributed by atoms with Gasteiger partial charge in [-0.1, -0.05) is 24.3 Å². The molecule has 38 heavy (non-hydrogen) atoms. The first-order valence-electron chi connectivity index (χ1n) is 12.1. The molecule has 0 N–H and O–H groups in total. The molecule has 0 unspecified atom stereocenters. The Labute approximate surface area is 239 Å². The summed E-state index contributed by atoms with van der Waals surface area (Å²) in [6, 6.07) is 13.7. The summed E-state index contributed by atoms with van der Waals surface area (Å²) in [6.45, 7) is 2.85. The molecule has 190 valence electrons. The summed E-state index contributed by atoms with van der Waals surface area (Å²) in [7, 11) is 0. The number of para-hydroxylation sites is 1. The number of aromatic nitrogens is 2. The van der Waals surface area contributed by atoms with Crippen LogP contribution in [0.1, 0.15) is 41.9 Å². The summed E-state index contributed by atoms with van der Waals surface area (Å²) < 4.78 is 47.8. The van der Waals surface area contributed by atoms with E-state index in [4.69, 9.17) is 14.2 Å². The first-order valence-corrected chi connectivity index (χ1v) is 12.1. The Morgan fingerprint density at radius 2 is 1.92 bits per heavy atom. The topological polar surface area (TPSA) is 85.6 Å². The maximum atomic E-state index is 14.5. The molecule has 3 heterocycles. The number of halogens is 2. The Bertz CT molecular complexity index is 1540. The number of rotatable bonds is 7. The number of carboxylic acid groups (broad SMARTS) is 1. The van der Waals surface area contributed by atoms with Gasteiger partial charge in [-0.2, -0.15) is 4.98 Å². The second-order valence-corrected chi connectivity index (χ2v) is 9.28. The minimum Gasteiger partial charge on any atom is -0.550 e. The number of hydrogen-bond acceptors (Lipinski definition) is 6. The fourth-order valence-electron chi connectivity index (χ4n) is 5.28. The SMILES string of the molecule is CCOc1nc2c(F)cc(F)cc2n1-c1cccc2c1OC[C@H]2Cc1ccc2c(c1)OC[C@H]2CC(=O)[O-].[Na+]. The number of fused-ring (bicyclic) bond motifs is 3. The molecule has 7 nitrogen and oxygen atoms in total. The van der Waals surface area contributed by atoms with Crippen molar-refractivity contribution in [2.75, 3.05) is 19.8 Å². The van der Waals surface area contributed by atoms with Crippen LogP contribution in [0.25, 0.3) is 16.7 Å². The molecule has 0 spiro atoms. The van der Waals surface area contributed by atoms with Crippen molar-refractivity contribution >= 4 is 17.0 Å². The van der Waals surface area contributed by atoms with Gasteiger partial charge < -0.3 is 24.1 Å². The molecule has 4 aromatic rings. The molecule has 2 aliphatic rings. The second kappa shape index (κ2) is 10.6. The zero-order valence-corrected chi connectivity index (χ0v) is 23.0. The molecule has 0 fully saturated rings. The van der Waals surface area contributed by atoms with Crippen LogP contribution in [0.2, 0.25) is 0 Å². The standard InChI is InChI=1S/C28H24F2N2O5.Na/c1-2-35-28-31-26-21(30)11-18(29)12-23(26)32(28)22-5-3-4-20-16(14-37-27(20)22)8-15-6-7-19-17(10-25(33)34)13-36-24(19)9-15;/h3-7,9,11-12,16-17H,2,8,10,13-14H2,1H3,(H,33,34);/q;+1/p-1/t16-,17-;/m1./s1. The van der Waals surface area contributed by atoms with Crippen LogP contribution in [-0.4, -0.2) is 35.3 Å². The van der Waals surface area contributed by atoms with E-state index in [2.05, 4.69) is 4.98 Å². The minimum atomic E-state index is -1.09. The molecule has 6 rings (SSSR count). The van der Waals surface area contributed by atoms with Crippen molar-refractivity contribution in [3.63, 3.8) is 0 Å². The van der Waals surface area contributed by atoms with Crippen LogP contribution in [0.4, 0.5) is 8.78 Å². The van der Waals surface area contributed by atoms with E-state index in [1.807, 2.05) is 36.4 Å². The Hall–Kier alpha value is -3.14. The Kier molecular flexibility index (Phi) is 7.35. The average Bonchev–Trinajstić information content (AvgIpc) is 3.55. The van der Waals surface area contributed by atoms with E-state index >= 15 is 0 Å². The van der Waals surface area contributed by atoms with Gasteiger partial charge in [-0.05, 0) is 37.5 Å². The third kappa shape index (κ3) is 4.63. The van der Waals surface area contributed by atoms with E-state index in [0.29, 0.717) is 43.4 Å². The van der Waals surface area contributed by atoms with Gasteiger partial charge in [0, 0.05) is 41.1 Å². The number of carboxylic acids is 1. The average molecular weight is 528 g/mol. The quantitative estimate of drug-likeness (QED) is 0.334. The molecule has 3 aromatic carbocycles. The molecule has 0 saturated heterocycles. The van der Waals surface area contributed by atoms with Crippen LogP contribution in [-0.2, 0) is 11.2 Å². The Balaban J connectivity index is 0.00000294. The van der Waals surface area contributed by atoms with E-state index in [9.17, 15) is 18.7 Å². The maximum absolute atomic E-state index is 14.5. The van der Waals surface area contributed by atoms with Crippen molar-refractivity contribution in [3.8, 4) is 23.2 Å². The van der Waals surface area contributed by atoms with Crippen LogP contribution in [0, 0.1) is 11.6 Å². The van der Waals surface area contributed by atoms with Gasteiger partial charge in [0.05, 0.1) is 31.0 Å². The van der Waals surface area contributed by atoms with Gasteiger partial charge in [-0.15, -0.1) is 0 Å². The number of carbonyl (C=O) groups is 1. The van der Waals surface area contributed by atoms with Crippen LogP contribution in [0.15, 0.2) is 48.5 Å². The molecule has 0 radical (unpaired) electrons. The largest absolute Gasteiger partial charge is 1.00 e. The molecular weight excluding hydrogens is 505 g/mol. The Morgan fingerprint density at radius 1 is 1.11 bits per heavy atom. The zero-order valence-electron chi connectivity index (χ0n) is 21.0. The number of carbonyl (C=O) groups excluding carboxylic acids is 1. The van der Waals surface area contributed by atoms with Crippen LogP contribution >= 0.6 is 0 Å². The van der Waals surface area contributed by atoms with Crippen molar-refractivity contribution < 1.29 is 62.4 Å². The number of hydrogen-bond donors (Lipinski definition) is 0. The summed E-state index contributed by atoms with van der Waals surface area (Å²) in [5.74, 6) is -1.41. The first kappa shape index (κ1) is 26.5. The predicted octanol–water partition coefficient (Wildman–Crippen LogP) is 1.04. The molecule has 10 heteroatoms. The van der Waals surface area contributed by atoms with Crippen molar-refractivity contribution in [1.29, 1.82) is 0 Å². The number of ether oxygens (including phenoxy) is 3.